The first kappa shape index (κ1) is 41.8. The molecule has 4 rings (SSSR count). The topological polar surface area (TPSA) is 353 Å². The molecule has 0 saturated carbocycles. The first-order valence-electron chi connectivity index (χ1n) is 15.1. The Kier molecular flexibility index (Phi) is 13.4. The highest BCUT2D eigenvalue weighted by molar-refractivity contribution is 7.61. The number of esters is 4. The van der Waals surface area contributed by atoms with Gasteiger partial charge in [-0.25, -0.2) is 24.1 Å². The van der Waals surface area contributed by atoms with E-state index in [2.05, 4.69) is 19.3 Å². The molecule has 2 fully saturated rings. The van der Waals surface area contributed by atoms with Crippen LogP contribution in [0.5, 0.6) is 0 Å². The number of fused-ring (bicyclic) bond motifs is 1. The van der Waals surface area contributed by atoms with Crippen LogP contribution in [0, 0.1) is 5.92 Å². The molecule has 0 amide bonds. The smallest absolute Gasteiger partial charge is 0.462 e. The van der Waals surface area contributed by atoms with E-state index in [4.69, 9.17) is 43.2 Å². The lowest BCUT2D eigenvalue weighted by Gasteiger charge is -2.45. The molecule has 0 radical (unpaired) electrons. The summed E-state index contributed by atoms with van der Waals surface area (Å²) >= 11 is 0. The van der Waals surface area contributed by atoms with Crippen molar-refractivity contribution in [2.75, 3.05) is 18.9 Å². The molecule has 53 heavy (non-hydrogen) atoms. The largest absolute Gasteiger partial charge is 0.483 e. The summed E-state index contributed by atoms with van der Waals surface area (Å²) in [4.78, 5) is 92.5. The van der Waals surface area contributed by atoms with Gasteiger partial charge >= 0.3 is 39.5 Å². The van der Waals surface area contributed by atoms with Gasteiger partial charge in [-0.05, 0) is 0 Å². The number of phosphoric acid groups is 2. The number of aldehydes is 1. The highest BCUT2D eigenvalue weighted by Gasteiger charge is 2.56. The fourth-order valence-electron chi connectivity index (χ4n) is 5.33. The number of carbonyl (C=O) groups excluding carboxylic acids is 5. The maximum Gasteiger partial charge on any atom is 0.483 e. The molecule has 2 aliphatic heterocycles. The summed E-state index contributed by atoms with van der Waals surface area (Å²) in [6, 6.07) is 0. The number of phosphoric ester groups is 2. The number of hydrogen-bond acceptors (Lipinski definition) is 22. The normalized spacial score (nSPS) is 30.0. The number of aromatic nitrogens is 4. The number of hydrogen-bond donors (Lipinski definition) is 5. The molecular weight excluding hydrogens is 764 g/mol. The third-order valence-corrected chi connectivity index (χ3v) is 9.98. The molecule has 0 spiro atoms. The Bertz CT molecular complexity index is 1790. The number of anilines is 1. The van der Waals surface area contributed by atoms with Crippen molar-refractivity contribution in [1.29, 1.82) is 0 Å². The number of carbonyl (C=O) groups is 5. The van der Waals surface area contributed by atoms with E-state index in [-0.39, 0.29) is 23.3 Å². The van der Waals surface area contributed by atoms with Crippen LogP contribution in [0.1, 0.15) is 33.9 Å². The van der Waals surface area contributed by atoms with Crippen molar-refractivity contribution in [2.24, 2.45) is 5.92 Å². The Labute approximate surface area is 297 Å². The lowest BCUT2D eigenvalue weighted by Crippen LogP contribution is -2.62. The lowest BCUT2D eigenvalue weighted by molar-refractivity contribution is -0.283. The minimum absolute atomic E-state index is 0.00103. The van der Waals surface area contributed by atoms with E-state index >= 15 is 0 Å². The van der Waals surface area contributed by atoms with Crippen molar-refractivity contribution in [1.82, 2.24) is 19.5 Å². The SMILES string of the molecule is CC(=O)OC[C@@H](OC(C)=O)C1O[C@@H](OP(=O)(O)OP(=O)(O)OC[C@H]2O[C@@H](n3cnc4c(N)ncnc43)[C@@H](O)[C@H]2O)C(OC(C)=O)C(C=O)[C@@H]1OC(C)=O. The molecule has 5 unspecified atom stereocenters. The molecule has 25 nitrogen and oxygen atoms in total. The van der Waals surface area contributed by atoms with Gasteiger partial charge in [0, 0.05) is 27.7 Å². The van der Waals surface area contributed by atoms with Gasteiger partial charge in [-0.1, -0.05) is 0 Å². The molecule has 294 valence electrons. The maximum atomic E-state index is 13.1. The average molecular weight is 800 g/mol. The summed E-state index contributed by atoms with van der Waals surface area (Å²) in [5.41, 5.74) is 6.01. The van der Waals surface area contributed by atoms with Crippen LogP contribution in [-0.2, 0) is 74.9 Å². The minimum Gasteiger partial charge on any atom is -0.462 e. The maximum absolute atomic E-state index is 13.1. The number of aliphatic hydroxyl groups excluding tert-OH is 2. The Balaban J connectivity index is 1.53. The van der Waals surface area contributed by atoms with E-state index in [1.165, 1.54) is 10.9 Å². The van der Waals surface area contributed by atoms with Gasteiger partial charge in [-0.3, -0.25) is 32.8 Å². The molecule has 2 aromatic rings. The molecule has 0 aromatic carbocycles. The van der Waals surface area contributed by atoms with Crippen LogP contribution >= 0.6 is 15.6 Å². The van der Waals surface area contributed by atoms with Crippen molar-refractivity contribution in [3.05, 3.63) is 12.7 Å². The summed E-state index contributed by atoms with van der Waals surface area (Å²) in [5.74, 6) is -5.79. The van der Waals surface area contributed by atoms with E-state index in [0.29, 0.717) is 0 Å². The lowest BCUT2D eigenvalue weighted by atomic mass is 9.87. The minimum atomic E-state index is -5.90. The first-order valence-corrected chi connectivity index (χ1v) is 18.1. The summed E-state index contributed by atoms with van der Waals surface area (Å²) in [7, 11) is -11.6. The van der Waals surface area contributed by atoms with Crippen LogP contribution in [0.2, 0.25) is 0 Å². The van der Waals surface area contributed by atoms with Gasteiger partial charge in [-0.2, -0.15) is 4.31 Å². The summed E-state index contributed by atoms with van der Waals surface area (Å²) in [5, 5.41) is 21.2. The van der Waals surface area contributed by atoms with Gasteiger partial charge in [0.05, 0.1) is 18.9 Å². The first-order chi connectivity index (χ1) is 24.7. The zero-order valence-electron chi connectivity index (χ0n) is 28.0. The number of nitrogens with zero attached hydrogens (tertiary/aromatic N) is 4. The molecule has 2 saturated heterocycles. The fraction of sp³-hybridized carbons (Fsp3) is 0.615. The van der Waals surface area contributed by atoms with E-state index in [9.17, 15) is 53.1 Å². The molecule has 12 atom stereocenters. The molecule has 0 aliphatic carbocycles. The van der Waals surface area contributed by atoms with Crippen LogP contribution in [0.3, 0.4) is 0 Å². The van der Waals surface area contributed by atoms with Crippen molar-refractivity contribution in [2.45, 2.75) is 82.9 Å². The zero-order chi connectivity index (χ0) is 39.4. The molecule has 0 bridgehead atoms. The summed E-state index contributed by atoms with van der Waals surface area (Å²) in [6.07, 6.45) is -13.7. The number of rotatable bonds is 15. The Morgan fingerprint density at radius 1 is 0.943 bits per heavy atom. The van der Waals surface area contributed by atoms with Crippen molar-refractivity contribution >= 4 is 62.8 Å². The van der Waals surface area contributed by atoms with Gasteiger partial charge in [-0.15, -0.1) is 0 Å². The molecular formula is C26H35N5O20P2. The molecule has 2 aliphatic rings. The highest BCUT2D eigenvalue weighted by Crippen LogP contribution is 2.62. The van der Waals surface area contributed by atoms with Crippen LogP contribution in [0.25, 0.3) is 11.2 Å². The average Bonchev–Trinajstić information content (AvgIpc) is 3.59. The predicted molar refractivity (Wildman–Crippen MR) is 165 cm³/mol. The van der Waals surface area contributed by atoms with E-state index in [1.54, 1.807) is 0 Å². The second-order valence-corrected chi connectivity index (χ2v) is 14.3. The van der Waals surface area contributed by atoms with Crippen LogP contribution in [0.15, 0.2) is 12.7 Å². The van der Waals surface area contributed by atoms with Crippen molar-refractivity contribution < 1.29 is 94.9 Å². The van der Waals surface area contributed by atoms with Crippen molar-refractivity contribution in [3.8, 4) is 0 Å². The van der Waals surface area contributed by atoms with E-state index in [0.717, 1.165) is 34.0 Å². The van der Waals surface area contributed by atoms with Crippen LogP contribution in [0.4, 0.5) is 5.82 Å². The molecule has 6 N–H and O–H groups in total. The summed E-state index contributed by atoms with van der Waals surface area (Å²) in [6.45, 7) is 1.90. The van der Waals surface area contributed by atoms with Crippen LogP contribution < -0.4 is 5.73 Å². The fourth-order valence-corrected chi connectivity index (χ4v) is 7.49. The van der Waals surface area contributed by atoms with Gasteiger partial charge in [0.1, 0.15) is 55.3 Å². The Hall–Kier alpha value is -4.00. The number of imidazole rings is 1. The van der Waals surface area contributed by atoms with Gasteiger partial charge < -0.3 is 58.9 Å². The van der Waals surface area contributed by atoms with Gasteiger partial charge in [0.2, 0.25) is 6.29 Å². The van der Waals surface area contributed by atoms with E-state index in [1.807, 2.05) is 0 Å². The Morgan fingerprint density at radius 2 is 1.60 bits per heavy atom. The molecule has 4 heterocycles. The number of aliphatic hydroxyl groups is 2. The third kappa shape index (κ3) is 10.4. The standard InChI is InChI=1S/C26H35N5O20P2/c1-10(33)43-6-16(45-11(2)34)22-20(46-12(3)35)14(5-32)21(47-13(4)36)26(49-22)50-53(41,42)51-52(39,40)44-7-15-18(37)19(38)25(48-15)31-9-30-17-23(27)28-8-29-24(17)31/h5,8-9,14-16,18-22,25-26,37-38H,6-7H2,1-4H3,(H,39,40)(H,41,42)(H2,27,28,29)/t14?,15-,16-,18+,19+,20+,21?,22?,25-,26+/m1/s1. The van der Waals surface area contributed by atoms with Gasteiger partial charge in [0.15, 0.2) is 29.9 Å². The predicted octanol–water partition coefficient (Wildman–Crippen LogP) is -1.82. The van der Waals surface area contributed by atoms with Gasteiger partial charge in [0.25, 0.3) is 0 Å². The van der Waals surface area contributed by atoms with Crippen LogP contribution in [-0.4, -0.2) is 132 Å². The number of ether oxygens (including phenoxy) is 6. The molecule has 27 heteroatoms. The summed E-state index contributed by atoms with van der Waals surface area (Å²) < 4.78 is 72.6. The highest BCUT2D eigenvalue weighted by atomic mass is 31.3. The zero-order valence-corrected chi connectivity index (χ0v) is 29.8. The second kappa shape index (κ2) is 17.0. The quantitative estimate of drug-likeness (QED) is 0.0573. The number of nitrogen functional groups attached to an aromatic ring is 1. The van der Waals surface area contributed by atoms with E-state index < -0.39 is 114 Å². The number of nitrogens with two attached hydrogens (primary N) is 1. The Morgan fingerprint density at radius 3 is 2.21 bits per heavy atom. The van der Waals surface area contributed by atoms with Crippen molar-refractivity contribution in [3.63, 3.8) is 0 Å². The monoisotopic (exact) mass is 799 g/mol. The molecule has 2 aromatic heterocycles. The third-order valence-electron chi connectivity index (χ3n) is 7.38. The second-order valence-electron chi connectivity index (χ2n) is 11.3.